The zero-order valence-electron chi connectivity index (χ0n) is 11.5. The van der Waals surface area contributed by atoms with Crippen molar-refractivity contribution < 1.29 is 14.3 Å². The number of Topliss-reactive ketones (excluding diaryl/α,β-unsaturated/α-hetero) is 1. The van der Waals surface area contributed by atoms with Crippen LogP contribution in [0.2, 0.25) is 0 Å². The van der Waals surface area contributed by atoms with Gasteiger partial charge >= 0.3 is 5.97 Å². The Morgan fingerprint density at radius 3 is 2.79 bits per heavy atom. The third kappa shape index (κ3) is 2.70. The van der Waals surface area contributed by atoms with Crippen molar-refractivity contribution in [3.63, 3.8) is 0 Å². The second kappa shape index (κ2) is 6.00. The summed E-state index contributed by atoms with van der Waals surface area (Å²) in [6, 6.07) is 8.06. The van der Waals surface area contributed by atoms with Crippen molar-refractivity contribution in [1.82, 2.24) is 0 Å². The van der Waals surface area contributed by atoms with Crippen LogP contribution in [0.5, 0.6) is 0 Å². The Kier molecular flexibility index (Phi) is 4.35. The molecule has 102 valence electrons. The van der Waals surface area contributed by atoms with E-state index in [-0.39, 0.29) is 11.7 Å². The largest absolute Gasteiger partial charge is 0.468 e. The Labute approximate surface area is 114 Å². The van der Waals surface area contributed by atoms with Crippen LogP contribution in [-0.4, -0.2) is 18.9 Å². The van der Waals surface area contributed by atoms with Gasteiger partial charge in [0.2, 0.25) is 0 Å². The molecule has 2 atom stereocenters. The van der Waals surface area contributed by atoms with Gasteiger partial charge in [0.25, 0.3) is 0 Å². The van der Waals surface area contributed by atoms with Crippen LogP contribution in [0.25, 0.3) is 0 Å². The number of carbonyl (C=O) groups is 2. The maximum absolute atomic E-state index is 12.6. The molecule has 3 nitrogen and oxygen atoms in total. The standard InChI is InChI=1S/C16H20O3/c1-3-12(16(18)19-2)15(17)14-10-6-8-11-7-4-5-9-13(11)14/h4-5,7,9,12,14H,3,6,8,10H2,1-2H3. The van der Waals surface area contributed by atoms with Gasteiger partial charge in [-0.1, -0.05) is 31.2 Å². The molecule has 0 radical (unpaired) electrons. The Hall–Kier alpha value is -1.64. The smallest absolute Gasteiger partial charge is 0.316 e. The molecule has 0 spiro atoms. The van der Waals surface area contributed by atoms with Gasteiger partial charge in [-0.15, -0.1) is 0 Å². The Bertz CT molecular complexity index is 479. The summed E-state index contributed by atoms with van der Waals surface area (Å²) in [7, 11) is 1.34. The van der Waals surface area contributed by atoms with Gasteiger partial charge in [0.15, 0.2) is 5.78 Å². The predicted molar refractivity (Wildman–Crippen MR) is 72.9 cm³/mol. The molecule has 0 saturated carbocycles. The number of methoxy groups -OCH3 is 1. The highest BCUT2D eigenvalue weighted by Gasteiger charge is 2.34. The quantitative estimate of drug-likeness (QED) is 0.617. The van der Waals surface area contributed by atoms with Gasteiger partial charge in [-0.25, -0.2) is 0 Å². The van der Waals surface area contributed by atoms with E-state index in [4.69, 9.17) is 4.74 Å². The lowest BCUT2D eigenvalue weighted by molar-refractivity contribution is -0.150. The minimum atomic E-state index is -0.624. The fourth-order valence-corrected chi connectivity index (χ4v) is 2.92. The molecule has 2 unspecified atom stereocenters. The molecule has 19 heavy (non-hydrogen) atoms. The summed E-state index contributed by atoms with van der Waals surface area (Å²) in [6.07, 6.45) is 3.37. The van der Waals surface area contributed by atoms with Crippen molar-refractivity contribution in [3.8, 4) is 0 Å². The number of benzene rings is 1. The molecule has 1 aromatic carbocycles. The summed E-state index contributed by atoms with van der Waals surface area (Å²) >= 11 is 0. The van der Waals surface area contributed by atoms with Gasteiger partial charge < -0.3 is 4.74 Å². The van der Waals surface area contributed by atoms with E-state index in [0.29, 0.717) is 6.42 Å². The number of hydrogen-bond acceptors (Lipinski definition) is 3. The number of rotatable bonds is 4. The highest BCUT2D eigenvalue weighted by molar-refractivity contribution is 6.02. The van der Waals surface area contributed by atoms with E-state index in [9.17, 15) is 9.59 Å². The van der Waals surface area contributed by atoms with Crippen molar-refractivity contribution in [3.05, 3.63) is 35.4 Å². The molecule has 0 aromatic heterocycles. The van der Waals surface area contributed by atoms with Crippen molar-refractivity contribution in [2.75, 3.05) is 7.11 Å². The third-order valence-corrected chi connectivity index (χ3v) is 3.95. The second-order valence-electron chi connectivity index (χ2n) is 5.03. The molecule has 0 heterocycles. The highest BCUT2D eigenvalue weighted by Crippen LogP contribution is 2.34. The van der Waals surface area contributed by atoms with Crippen LogP contribution >= 0.6 is 0 Å². The molecule has 0 N–H and O–H groups in total. The maximum Gasteiger partial charge on any atom is 0.316 e. The first kappa shape index (κ1) is 13.8. The van der Waals surface area contributed by atoms with E-state index in [1.165, 1.54) is 12.7 Å². The predicted octanol–water partition coefficient (Wildman–Crippen LogP) is 2.87. The minimum absolute atomic E-state index is 0.0153. The van der Waals surface area contributed by atoms with E-state index in [2.05, 4.69) is 6.07 Å². The number of fused-ring (bicyclic) bond motifs is 1. The van der Waals surface area contributed by atoms with E-state index in [1.807, 2.05) is 25.1 Å². The molecule has 1 aromatic rings. The van der Waals surface area contributed by atoms with Crippen molar-refractivity contribution >= 4 is 11.8 Å². The first-order valence-corrected chi connectivity index (χ1v) is 6.88. The minimum Gasteiger partial charge on any atom is -0.468 e. The molecule has 0 bridgehead atoms. The Balaban J connectivity index is 2.27. The molecule has 0 aliphatic heterocycles. The molecular weight excluding hydrogens is 240 g/mol. The van der Waals surface area contributed by atoms with E-state index >= 15 is 0 Å². The van der Waals surface area contributed by atoms with Crippen molar-refractivity contribution in [2.45, 2.75) is 38.5 Å². The maximum atomic E-state index is 12.6. The van der Waals surface area contributed by atoms with Crippen LogP contribution in [0, 0.1) is 5.92 Å². The average molecular weight is 260 g/mol. The first-order chi connectivity index (χ1) is 9.19. The molecule has 1 aliphatic carbocycles. The topological polar surface area (TPSA) is 43.4 Å². The van der Waals surface area contributed by atoms with Gasteiger partial charge in [0.05, 0.1) is 7.11 Å². The molecule has 2 rings (SSSR count). The Morgan fingerprint density at radius 1 is 1.37 bits per heavy atom. The summed E-state index contributed by atoms with van der Waals surface area (Å²) in [6.45, 7) is 1.86. The lowest BCUT2D eigenvalue weighted by Gasteiger charge is -2.26. The molecular formula is C16H20O3. The fraction of sp³-hybridized carbons (Fsp3) is 0.500. The van der Waals surface area contributed by atoms with Gasteiger partial charge in [0.1, 0.15) is 5.92 Å². The number of aryl methyl sites for hydroxylation is 1. The number of ether oxygens (including phenoxy) is 1. The van der Waals surface area contributed by atoms with E-state index in [0.717, 1.165) is 24.8 Å². The molecule has 0 amide bonds. The summed E-state index contributed by atoms with van der Waals surface area (Å²) in [4.78, 5) is 24.3. The summed E-state index contributed by atoms with van der Waals surface area (Å²) in [5.41, 5.74) is 2.34. The van der Waals surface area contributed by atoms with Crippen molar-refractivity contribution in [1.29, 1.82) is 0 Å². The zero-order chi connectivity index (χ0) is 13.8. The van der Waals surface area contributed by atoms with Gasteiger partial charge in [0, 0.05) is 5.92 Å². The molecule has 1 aliphatic rings. The van der Waals surface area contributed by atoms with E-state index < -0.39 is 11.9 Å². The summed E-state index contributed by atoms with van der Waals surface area (Å²) < 4.78 is 4.74. The summed E-state index contributed by atoms with van der Waals surface area (Å²) in [5.74, 6) is -1.16. The second-order valence-corrected chi connectivity index (χ2v) is 5.03. The average Bonchev–Trinajstić information content (AvgIpc) is 2.47. The number of esters is 1. The summed E-state index contributed by atoms with van der Waals surface area (Å²) in [5, 5.41) is 0. The van der Waals surface area contributed by atoms with Crippen LogP contribution in [-0.2, 0) is 20.7 Å². The van der Waals surface area contributed by atoms with Gasteiger partial charge in [-0.2, -0.15) is 0 Å². The normalized spacial score (nSPS) is 19.4. The van der Waals surface area contributed by atoms with Crippen LogP contribution in [0.1, 0.15) is 43.2 Å². The number of hydrogen-bond donors (Lipinski definition) is 0. The first-order valence-electron chi connectivity index (χ1n) is 6.88. The monoisotopic (exact) mass is 260 g/mol. The Morgan fingerprint density at radius 2 is 2.11 bits per heavy atom. The third-order valence-electron chi connectivity index (χ3n) is 3.95. The number of ketones is 1. The van der Waals surface area contributed by atoms with Crippen LogP contribution in [0.3, 0.4) is 0 Å². The highest BCUT2D eigenvalue weighted by atomic mass is 16.5. The van der Waals surface area contributed by atoms with Crippen LogP contribution in [0.15, 0.2) is 24.3 Å². The zero-order valence-corrected chi connectivity index (χ0v) is 11.5. The van der Waals surface area contributed by atoms with Gasteiger partial charge in [-0.05, 0) is 36.8 Å². The lowest BCUT2D eigenvalue weighted by Crippen LogP contribution is -2.31. The SMILES string of the molecule is CCC(C(=O)OC)C(=O)C1CCCc2ccccc21. The van der Waals surface area contributed by atoms with Crippen LogP contribution in [0.4, 0.5) is 0 Å². The fourth-order valence-electron chi connectivity index (χ4n) is 2.92. The van der Waals surface area contributed by atoms with Crippen molar-refractivity contribution in [2.24, 2.45) is 5.92 Å². The van der Waals surface area contributed by atoms with Crippen LogP contribution < -0.4 is 0 Å². The lowest BCUT2D eigenvalue weighted by atomic mass is 9.77. The molecule has 0 fully saturated rings. The number of carbonyl (C=O) groups excluding carboxylic acids is 2. The van der Waals surface area contributed by atoms with Gasteiger partial charge in [-0.3, -0.25) is 9.59 Å². The molecule has 0 saturated heterocycles. The van der Waals surface area contributed by atoms with E-state index in [1.54, 1.807) is 0 Å². The molecule has 3 heteroatoms.